The van der Waals surface area contributed by atoms with Crippen molar-refractivity contribution < 1.29 is 14.7 Å². The second kappa shape index (κ2) is 8.34. The first-order valence-electron chi connectivity index (χ1n) is 8.47. The molecule has 0 fully saturated rings. The lowest BCUT2D eigenvalue weighted by molar-refractivity contribution is -0.132. The normalized spacial score (nSPS) is 11.3. The first-order chi connectivity index (χ1) is 12.3. The molecule has 0 aromatic heterocycles. The number of benzene rings is 2. The number of urea groups is 1. The molecule has 0 radical (unpaired) electrons. The molecule has 5 heteroatoms. The van der Waals surface area contributed by atoms with Crippen molar-refractivity contribution in [2.75, 3.05) is 10.6 Å². The van der Waals surface area contributed by atoms with E-state index in [0.29, 0.717) is 22.9 Å². The van der Waals surface area contributed by atoms with E-state index in [-0.39, 0.29) is 11.6 Å². The fraction of sp³-hybridized carbons (Fsp3) is 0.238. The predicted molar refractivity (Wildman–Crippen MR) is 106 cm³/mol. The van der Waals surface area contributed by atoms with Crippen molar-refractivity contribution in [2.24, 2.45) is 0 Å². The molecule has 5 nitrogen and oxygen atoms in total. The van der Waals surface area contributed by atoms with Crippen molar-refractivity contribution in [3.05, 3.63) is 64.7 Å². The van der Waals surface area contributed by atoms with Gasteiger partial charge in [-0.15, -0.1) is 0 Å². The van der Waals surface area contributed by atoms with Gasteiger partial charge < -0.3 is 15.7 Å². The number of aryl methyl sites for hydroxylation is 1. The van der Waals surface area contributed by atoms with Crippen LogP contribution in [-0.2, 0) is 4.79 Å². The van der Waals surface area contributed by atoms with Crippen molar-refractivity contribution in [3.8, 4) is 0 Å². The highest BCUT2D eigenvalue weighted by Crippen LogP contribution is 2.23. The number of hydrogen-bond acceptors (Lipinski definition) is 2. The van der Waals surface area contributed by atoms with Crippen LogP contribution in [0.5, 0.6) is 0 Å². The van der Waals surface area contributed by atoms with E-state index in [0.717, 1.165) is 5.56 Å². The number of amides is 2. The quantitative estimate of drug-likeness (QED) is 0.643. The van der Waals surface area contributed by atoms with Gasteiger partial charge in [0.1, 0.15) is 0 Å². The Hall–Kier alpha value is -3.08. The summed E-state index contributed by atoms with van der Waals surface area (Å²) in [5.74, 6) is -0.564. The molecule has 2 amide bonds. The zero-order valence-corrected chi connectivity index (χ0v) is 15.5. The summed E-state index contributed by atoms with van der Waals surface area (Å²) in [6.07, 6.45) is 1.56. The van der Waals surface area contributed by atoms with Crippen LogP contribution in [0.2, 0.25) is 0 Å². The molecule has 0 aliphatic carbocycles. The van der Waals surface area contributed by atoms with E-state index in [2.05, 4.69) is 24.5 Å². The van der Waals surface area contributed by atoms with E-state index in [1.807, 2.05) is 43.3 Å². The Morgan fingerprint density at radius 2 is 1.69 bits per heavy atom. The van der Waals surface area contributed by atoms with E-state index in [1.165, 1.54) is 12.5 Å². The summed E-state index contributed by atoms with van der Waals surface area (Å²) in [6, 6.07) is 12.7. The maximum absolute atomic E-state index is 12.3. The van der Waals surface area contributed by atoms with E-state index in [1.54, 1.807) is 12.1 Å². The minimum Gasteiger partial charge on any atom is -0.478 e. The van der Waals surface area contributed by atoms with Gasteiger partial charge in [0, 0.05) is 22.5 Å². The molecule has 0 saturated carbocycles. The van der Waals surface area contributed by atoms with Crippen molar-refractivity contribution in [1.29, 1.82) is 0 Å². The number of carbonyl (C=O) groups is 2. The standard InChI is InChI=1S/C21H24N2O3/c1-13(2)16-8-10-17(11-9-16)22-21(26)23-19-7-5-6-14(3)18(19)12-15(4)20(24)25/h5-13H,1-4H3,(H,24,25)(H2,22,23,26)/b15-12+. The molecule has 0 unspecified atom stereocenters. The summed E-state index contributed by atoms with van der Waals surface area (Å²) >= 11 is 0. The number of nitrogens with one attached hydrogen (secondary N) is 2. The van der Waals surface area contributed by atoms with Crippen LogP contribution in [0.4, 0.5) is 16.2 Å². The summed E-state index contributed by atoms with van der Waals surface area (Å²) in [4.78, 5) is 23.4. The second-order valence-corrected chi connectivity index (χ2v) is 6.52. The van der Waals surface area contributed by atoms with Gasteiger partial charge >= 0.3 is 12.0 Å². The Labute approximate surface area is 153 Å². The minimum absolute atomic E-state index is 0.201. The van der Waals surface area contributed by atoms with Crippen LogP contribution < -0.4 is 10.6 Å². The second-order valence-electron chi connectivity index (χ2n) is 6.52. The number of carboxylic acids is 1. The van der Waals surface area contributed by atoms with Crippen LogP contribution in [0.1, 0.15) is 43.4 Å². The van der Waals surface area contributed by atoms with E-state index in [9.17, 15) is 9.59 Å². The summed E-state index contributed by atoms with van der Waals surface area (Å²) in [5.41, 5.74) is 4.21. The van der Waals surface area contributed by atoms with Gasteiger partial charge in [0.25, 0.3) is 0 Å². The monoisotopic (exact) mass is 352 g/mol. The SMILES string of the molecule is C/C(=C\c1c(C)cccc1NC(=O)Nc1ccc(C(C)C)cc1)C(=O)O. The lowest BCUT2D eigenvalue weighted by Gasteiger charge is -2.13. The maximum atomic E-state index is 12.3. The highest BCUT2D eigenvalue weighted by Gasteiger charge is 2.10. The molecule has 0 spiro atoms. The molecule has 0 saturated heterocycles. The zero-order valence-electron chi connectivity index (χ0n) is 15.5. The van der Waals surface area contributed by atoms with E-state index < -0.39 is 5.97 Å². The molecule has 0 bridgehead atoms. The van der Waals surface area contributed by atoms with Gasteiger partial charge in [-0.3, -0.25) is 0 Å². The van der Waals surface area contributed by atoms with Crippen LogP contribution in [0, 0.1) is 6.92 Å². The molecule has 0 heterocycles. The Kier molecular flexibility index (Phi) is 6.17. The molecule has 0 aliphatic heterocycles. The molecule has 3 N–H and O–H groups in total. The minimum atomic E-state index is -0.992. The topological polar surface area (TPSA) is 78.4 Å². The van der Waals surface area contributed by atoms with Crippen molar-refractivity contribution in [3.63, 3.8) is 0 Å². The summed E-state index contributed by atoms with van der Waals surface area (Å²) < 4.78 is 0. The molecule has 0 aliphatic rings. The Bertz CT molecular complexity index is 837. The average molecular weight is 352 g/mol. The van der Waals surface area contributed by atoms with Gasteiger partial charge in [0.05, 0.1) is 0 Å². The van der Waals surface area contributed by atoms with E-state index >= 15 is 0 Å². The maximum Gasteiger partial charge on any atom is 0.331 e. The molecular formula is C21H24N2O3. The van der Waals surface area contributed by atoms with Gasteiger partial charge in [-0.2, -0.15) is 0 Å². The first kappa shape index (κ1) is 19.2. The number of anilines is 2. The third-order valence-corrected chi connectivity index (χ3v) is 4.11. The number of aliphatic carboxylic acids is 1. The third kappa shape index (κ3) is 4.96. The smallest absolute Gasteiger partial charge is 0.331 e. The average Bonchev–Trinajstić information content (AvgIpc) is 2.58. The van der Waals surface area contributed by atoms with Crippen molar-refractivity contribution in [1.82, 2.24) is 0 Å². The van der Waals surface area contributed by atoms with Gasteiger partial charge in [-0.05, 0) is 55.2 Å². The van der Waals surface area contributed by atoms with Gasteiger partial charge in [0.2, 0.25) is 0 Å². The fourth-order valence-electron chi connectivity index (χ4n) is 2.50. The number of carbonyl (C=O) groups excluding carboxylic acids is 1. The lowest BCUT2D eigenvalue weighted by atomic mass is 10.0. The zero-order chi connectivity index (χ0) is 19.3. The molecular weight excluding hydrogens is 328 g/mol. The molecule has 2 aromatic carbocycles. The highest BCUT2D eigenvalue weighted by molar-refractivity contribution is 6.02. The summed E-state index contributed by atoms with van der Waals surface area (Å²) in [7, 11) is 0. The summed E-state index contributed by atoms with van der Waals surface area (Å²) in [6.45, 7) is 7.62. The van der Waals surface area contributed by atoms with Crippen molar-refractivity contribution >= 4 is 29.5 Å². The number of hydrogen-bond donors (Lipinski definition) is 3. The van der Waals surface area contributed by atoms with E-state index in [4.69, 9.17) is 5.11 Å². The van der Waals surface area contributed by atoms with Gasteiger partial charge in [-0.1, -0.05) is 38.1 Å². The Morgan fingerprint density at radius 1 is 1.04 bits per heavy atom. The molecule has 2 rings (SSSR count). The number of rotatable bonds is 5. The van der Waals surface area contributed by atoms with Gasteiger partial charge in [0.15, 0.2) is 0 Å². The van der Waals surface area contributed by atoms with Crippen LogP contribution in [0.3, 0.4) is 0 Å². The molecule has 136 valence electrons. The molecule has 2 aromatic rings. The Morgan fingerprint density at radius 3 is 2.27 bits per heavy atom. The lowest BCUT2D eigenvalue weighted by Crippen LogP contribution is -2.20. The van der Waals surface area contributed by atoms with Crippen molar-refractivity contribution in [2.45, 2.75) is 33.6 Å². The van der Waals surface area contributed by atoms with Crippen LogP contribution in [0.15, 0.2) is 48.0 Å². The Balaban J connectivity index is 2.17. The highest BCUT2D eigenvalue weighted by atomic mass is 16.4. The summed E-state index contributed by atoms with van der Waals surface area (Å²) in [5, 5.41) is 14.7. The number of carboxylic acid groups (broad SMARTS) is 1. The fourth-order valence-corrected chi connectivity index (χ4v) is 2.50. The van der Waals surface area contributed by atoms with Crippen LogP contribution >= 0.6 is 0 Å². The molecule has 26 heavy (non-hydrogen) atoms. The first-order valence-corrected chi connectivity index (χ1v) is 8.47. The largest absolute Gasteiger partial charge is 0.478 e. The predicted octanol–water partition coefficient (Wildman–Crippen LogP) is 5.25. The van der Waals surface area contributed by atoms with Crippen LogP contribution in [-0.4, -0.2) is 17.1 Å². The van der Waals surface area contributed by atoms with Gasteiger partial charge in [-0.25, -0.2) is 9.59 Å². The van der Waals surface area contributed by atoms with Crippen LogP contribution in [0.25, 0.3) is 6.08 Å². The third-order valence-electron chi connectivity index (χ3n) is 4.11. The molecule has 0 atom stereocenters.